The van der Waals surface area contributed by atoms with Gasteiger partial charge in [0.1, 0.15) is 6.04 Å². The summed E-state index contributed by atoms with van der Waals surface area (Å²) in [6.07, 6.45) is 5.27. The number of non-ortho nitro benzene ring substituents is 1. The first-order valence-corrected chi connectivity index (χ1v) is 16.0. The van der Waals surface area contributed by atoms with E-state index in [4.69, 9.17) is 11.1 Å². The number of nitro groups is 1. The fraction of sp³-hybridized carbons (Fsp3) is 0.483. The van der Waals surface area contributed by atoms with Gasteiger partial charge in [-0.2, -0.15) is 4.72 Å². The Labute approximate surface area is 251 Å². The summed E-state index contributed by atoms with van der Waals surface area (Å²) in [6.45, 7) is 2.52. The molecule has 5 N–H and O–H groups in total. The number of benzene rings is 2. The molecular weight excluding hydrogens is 574 g/mol. The van der Waals surface area contributed by atoms with E-state index >= 15 is 0 Å². The van der Waals surface area contributed by atoms with Crippen molar-refractivity contribution in [1.29, 1.82) is 5.41 Å². The zero-order valence-electron chi connectivity index (χ0n) is 24.0. The first-order valence-electron chi connectivity index (χ1n) is 14.6. The van der Waals surface area contributed by atoms with Gasteiger partial charge in [-0.05, 0) is 55.7 Å². The Kier molecular flexibility index (Phi) is 10.7. The molecular formula is C29H39N7O6S. The highest BCUT2D eigenvalue weighted by Crippen LogP contribution is 2.22. The lowest BCUT2D eigenvalue weighted by molar-refractivity contribution is -0.384. The Hall–Kier alpha value is -4.04. The minimum Gasteiger partial charge on any atom is -0.370 e. The summed E-state index contributed by atoms with van der Waals surface area (Å²) in [5.41, 5.74) is 6.07. The van der Waals surface area contributed by atoms with Gasteiger partial charge >= 0.3 is 0 Å². The van der Waals surface area contributed by atoms with Gasteiger partial charge in [0.2, 0.25) is 15.9 Å². The lowest BCUT2D eigenvalue weighted by Gasteiger charge is -2.33. The number of nitro benzene ring substituents is 1. The van der Waals surface area contributed by atoms with Crippen LogP contribution in [0.3, 0.4) is 0 Å². The smallest absolute Gasteiger partial charge is 0.269 e. The first-order chi connectivity index (χ1) is 20.5. The molecule has 0 bridgehead atoms. The average Bonchev–Trinajstić information content (AvgIpc) is 3.29. The highest BCUT2D eigenvalue weighted by atomic mass is 32.2. The van der Waals surface area contributed by atoms with E-state index < -0.39 is 26.9 Å². The Morgan fingerprint density at radius 2 is 1.65 bits per heavy atom. The highest BCUT2D eigenvalue weighted by molar-refractivity contribution is 7.89. The minimum absolute atomic E-state index is 0.0187. The number of hydrogen-bond donors (Lipinski definition) is 4. The summed E-state index contributed by atoms with van der Waals surface area (Å²) in [5.74, 6) is -0.955. The second-order valence-electron chi connectivity index (χ2n) is 11.1. The normalized spacial score (nSPS) is 18.4. The number of amides is 2. The zero-order valence-corrected chi connectivity index (χ0v) is 24.9. The molecule has 2 fully saturated rings. The molecule has 2 aromatic rings. The molecule has 2 saturated heterocycles. The predicted molar refractivity (Wildman–Crippen MR) is 161 cm³/mol. The molecule has 2 aliphatic rings. The maximum Gasteiger partial charge on any atom is 0.269 e. The highest BCUT2D eigenvalue weighted by Gasteiger charge is 2.31. The second-order valence-corrected chi connectivity index (χ2v) is 12.8. The van der Waals surface area contributed by atoms with Crippen LogP contribution in [0.2, 0.25) is 0 Å². The van der Waals surface area contributed by atoms with E-state index in [1.54, 1.807) is 15.9 Å². The third-order valence-electron chi connectivity index (χ3n) is 7.93. The molecule has 2 atom stereocenters. The molecule has 0 aliphatic carbocycles. The second kappa shape index (κ2) is 14.4. The maximum absolute atomic E-state index is 13.8. The number of carbonyl (C=O) groups is 2. The van der Waals surface area contributed by atoms with Gasteiger partial charge in [-0.1, -0.05) is 37.1 Å². The summed E-state index contributed by atoms with van der Waals surface area (Å²) < 4.78 is 30.1. The lowest BCUT2D eigenvalue weighted by Crippen LogP contribution is -2.51. The molecule has 13 nitrogen and oxygen atoms in total. The number of hydrogen-bond acceptors (Lipinski definition) is 7. The fourth-order valence-electron chi connectivity index (χ4n) is 5.57. The number of guanidine groups is 1. The van der Waals surface area contributed by atoms with Crippen molar-refractivity contribution in [3.05, 3.63) is 69.8 Å². The molecule has 2 aliphatic heterocycles. The van der Waals surface area contributed by atoms with Crippen LogP contribution in [0.4, 0.5) is 5.69 Å². The van der Waals surface area contributed by atoms with Gasteiger partial charge in [0.15, 0.2) is 5.96 Å². The molecule has 232 valence electrons. The molecule has 2 heterocycles. The fourth-order valence-corrected chi connectivity index (χ4v) is 6.96. The molecule has 4 rings (SSSR count). The van der Waals surface area contributed by atoms with Crippen LogP contribution in [-0.2, 0) is 21.2 Å². The van der Waals surface area contributed by atoms with Crippen LogP contribution in [0.1, 0.15) is 54.4 Å². The van der Waals surface area contributed by atoms with E-state index in [0.29, 0.717) is 31.7 Å². The Morgan fingerprint density at radius 1 is 1.00 bits per heavy atom. The third kappa shape index (κ3) is 8.51. The van der Waals surface area contributed by atoms with Gasteiger partial charge in [0.25, 0.3) is 11.6 Å². The van der Waals surface area contributed by atoms with E-state index in [1.807, 2.05) is 0 Å². The van der Waals surface area contributed by atoms with Gasteiger partial charge in [-0.15, -0.1) is 0 Å². The number of piperidine rings is 1. The number of carbonyl (C=O) groups excluding carboxylic acids is 2. The molecule has 14 heteroatoms. The van der Waals surface area contributed by atoms with Crippen molar-refractivity contribution >= 4 is 33.5 Å². The Balaban J connectivity index is 1.56. The predicted octanol–water partition coefficient (Wildman–Crippen LogP) is 2.22. The van der Waals surface area contributed by atoms with Crippen LogP contribution in [0.25, 0.3) is 0 Å². The number of sulfonamides is 1. The largest absolute Gasteiger partial charge is 0.370 e. The summed E-state index contributed by atoms with van der Waals surface area (Å²) in [4.78, 5) is 40.7. The summed E-state index contributed by atoms with van der Waals surface area (Å²) in [6, 6.07) is 10.3. The van der Waals surface area contributed by atoms with Crippen molar-refractivity contribution in [2.45, 2.75) is 55.9 Å². The van der Waals surface area contributed by atoms with Gasteiger partial charge in [-0.3, -0.25) is 25.1 Å². The van der Waals surface area contributed by atoms with Crippen molar-refractivity contribution in [2.75, 3.05) is 32.7 Å². The van der Waals surface area contributed by atoms with E-state index in [-0.39, 0.29) is 46.9 Å². The lowest BCUT2D eigenvalue weighted by atomic mass is 9.98. The van der Waals surface area contributed by atoms with Crippen LogP contribution in [0.5, 0.6) is 0 Å². The molecule has 0 spiro atoms. The molecule has 0 radical (unpaired) electrons. The average molecular weight is 614 g/mol. The van der Waals surface area contributed by atoms with Crippen LogP contribution in [-0.4, -0.2) is 79.7 Å². The van der Waals surface area contributed by atoms with Gasteiger partial charge in [0.05, 0.1) is 15.4 Å². The number of likely N-dealkylation sites (tertiary alicyclic amines) is 2. The van der Waals surface area contributed by atoms with E-state index in [0.717, 1.165) is 38.5 Å². The third-order valence-corrected chi connectivity index (χ3v) is 9.46. The standard InChI is InChI=1S/C29H39N7O6S/c30-29(31)35-17-7-8-22(20-35)19-32-27(37)25(18-21-11-13-23(14-12-21)36(39)40)33-43(41,42)26-10-4-3-9-24(26)28(38)34-15-5-1-2-6-16-34/h3-4,9-14,22,25,33H,1-2,5-8,15-20H2,(H3,30,31)(H,32,37)/t22?,25-/m1/s1. The van der Waals surface area contributed by atoms with Crippen LogP contribution < -0.4 is 15.8 Å². The van der Waals surface area contributed by atoms with Gasteiger partial charge < -0.3 is 20.9 Å². The van der Waals surface area contributed by atoms with E-state index in [2.05, 4.69) is 10.0 Å². The number of rotatable bonds is 10. The first kappa shape index (κ1) is 31.9. The van der Waals surface area contributed by atoms with Gasteiger partial charge in [-0.25, -0.2) is 8.42 Å². The van der Waals surface area contributed by atoms with Crippen molar-refractivity contribution < 1.29 is 22.9 Å². The van der Waals surface area contributed by atoms with Crippen LogP contribution in [0.15, 0.2) is 53.4 Å². The zero-order chi connectivity index (χ0) is 31.0. The Morgan fingerprint density at radius 3 is 2.30 bits per heavy atom. The molecule has 2 amide bonds. The molecule has 0 aromatic heterocycles. The summed E-state index contributed by atoms with van der Waals surface area (Å²) in [5, 5.41) is 21.7. The molecule has 43 heavy (non-hydrogen) atoms. The van der Waals surface area contributed by atoms with Crippen LogP contribution >= 0.6 is 0 Å². The van der Waals surface area contributed by atoms with Crippen molar-refractivity contribution in [3.8, 4) is 0 Å². The monoisotopic (exact) mass is 613 g/mol. The Bertz CT molecular complexity index is 1430. The summed E-state index contributed by atoms with van der Waals surface area (Å²) >= 11 is 0. The van der Waals surface area contributed by atoms with Crippen molar-refractivity contribution in [1.82, 2.24) is 19.8 Å². The summed E-state index contributed by atoms with van der Waals surface area (Å²) in [7, 11) is -4.35. The van der Waals surface area contributed by atoms with E-state index in [9.17, 15) is 28.1 Å². The van der Waals surface area contributed by atoms with Crippen LogP contribution in [0, 0.1) is 21.4 Å². The molecule has 1 unspecified atom stereocenters. The maximum atomic E-state index is 13.8. The van der Waals surface area contributed by atoms with Gasteiger partial charge in [0, 0.05) is 44.9 Å². The molecule has 0 saturated carbocycles. The topological polar surface area (TPSA) is 192 Å². The number of nitrogens with two attached hydrogens (primary N) is 1. The van der Waals surface area contributed by atoms with Crippen molar-refractivity contribution in [3.63, 3.8) is 0 Å². The minimum atomic E-state index is -4.35. The quantitative estimate of drug-likeness (QED) is 0.136. The van der Waals surface area contributed by atoms with Crippen molar-refractivity contribution in [2.24, 2.45) is 11.7 Å². The number of nitrogens with zero attached hydrogens (tertiary/aromatic N) is 3. The van der Waals surface area contributed by atoms with E-state index in [1.165, 1.54) is 42.5 Å². The number of nitrogens with one attached hydrogen (secondary N) is 3. The SMILES string of the molecule is N=C(N)N1CCCC(CNC(=O)[C@@H](Cc2ccc([N+](=O)[O-])cc2)NS(=O)(=O)c2ccccc2C(=O)N2CCCCCC2)C1. The molecule has 2 aromatic carbocycles.